The van der Waals surface area contributed by atoms with Crippen LogP contribution in [0.1, 0.15) is 40.3 Å². The summed E-state index contributed by atoms with van der Waals surface area (Å²) in [5.74, 6) is -0.752. The number of aromatic nitrogens is 1. The second-order valence-electron chi connectivity index (χ2n) is 7.19. The summed E-state index contributed by atoms with van der Waals surface area (Å²) in [7, 11) is 1.65. The van der Waals surface area contributed by atoms with Crippen LogP contribution >= 0.6 is 11.6 Å². The van der Waals surface area contributed by atoms with Gasteiger partial charge in [0.2, 0.25) is 0 Å². The summed E-state index contributed by atoms with van der Waals surface area (Å²) in [6.45, 7) is 6.96. The van der Waals surface area contributed by atoms with Gasteiger partial charge in [0.25, 0.3) is 11.8 Å². The van der Waals surface area contributed by atoms with Gasteiger partial charge in [-0.3, -0.25) is 9.59 Å². The van der Waals surface area contributed by atoms with E-state index in [1.165, 1.54) is 0 Å². The van der Waals surface area contributed by atoms with E-state index in [9.17, 15) is 14.9 Å². The first-order valence-electron chi connectivity index (χ1n) is 9.89. The molecule has 2 amide bonds. The van der Waals surface area contributed by atoms with Crippen LogP contribution in [0.15, 0.2) is 35.9 Å². The molecule has 1 aromatic carbocycles. The van der Waals surface area contributed by atoms with E-state index in [-0.39, 0.29) is 30.6 Å². The Morgan fingerprint density at radius 3 is 2.48 bits per heavy atom. The molecule has 0 fully saturated rings. The van der Waals surface area contributed by atoms with Crippen molar-refractivity contribution in [2.45, 2.75) is 26.8 Å². The smallest absolute Gasteiger partial charge is 0.262 e. The first-order valence-corrected chi connectivity index (χ1v) is 10.3. The molecular weight excluding hydrogens is 416 g/mol. The quantitative estimate of drug-likeness (QED) is 0.353. The SMILES string of the molecule is COCC(C)n1c(C)cc(/C=C(\C#N)C(=O)NCCNC(=O)c2ccc(Cl)cc2)c1C. The summed E-state index contributed by atoms with van der Waals surface area (Å²) in [6, 6.07) is 10.5. The number of nitrogens with one attached hydrogen (secondary N) is 2. The van der Waals surface area contributed by atoms with Crippen LogP contribution < -0.4 is 10.6 Å². The van der Waals surface area contributed by atoms with Gasteiger partial charge in [0.15, 0.2) is 0 Å². The topological polar surface area (TPSA) is 96.2 Å². The number of ether oxygens (including phenoxy) is 1. The van der Waals surface area contributed by atoms with E-state index in [4.69, 9.17) is 16.3 Å². The van der Waals surface area contributed by atoms with E-state index in [2.05, 4.69) is 15.2 Å². The lowest BCUT2D eigenvalue weighted by molar-refractivity contribution is -0.117. The number of hydrogen-bond donors (Lipinski definition) is 2. The maximum absolute atomic E-state index is 12.4. The molecule has 1 unspecified atom stereocenters. The Morgan fingerprint density at radius 1 is 1.23 bits per heavy atom. The number of nitrogens with zero attached hydrogens (tertiary/aromatic N) is 2. The molecule has 1 heterocycles. The summed E-state index contributed by atoms with van der Waals surface area (Å²) < 4.78 is 7.35. The Balaban J connectivity index is 1.97. The third-order valence-electron chi connectivity index (χ3n) is 4.84. The number of aryl methyl sites for hydroxylation is 1. The Morgan fingerprint density at radius 2 is 1.87 bits per heavy atom. The summed E-state index contributed by atoms with van der Waals surface area (Å²) in [5, 5.41) is 15.4. The average molecular weight is 443 g/mol. The van der Waals surface area contributed by atoms with Crippen molar-refractivity contribution in [1.29, 1.82) is 5.26 Å². The van der Waals surface area contributed by atoms with Gasteiger partial charge in [-0.1, -0.05) is 11.6 Å². The van der Waals surface area contributed by atoms with Crippen molar-refractivity contribution in [3.8, 4) is 6.07 Å². The highest BCUT2D eigenvalue weighted by atomic mass is 35.5. The predicted molar refractivity (Wildman–Crippen MR) is 121 cm³/mol. The molecule has 0 aliphatic carbocycles. The molecule has 0 bridgehead atoms. The summed E-state index contributed by atoms with van der Waals surface area (Å²) in [6.07, 6.45) is 1.58. The first kappa shape index (κ1) is 24.2. The highest BCUT2D eigenvalue weighted by Crippen LogP contribution is 2.22. The number of carbonyl (C=O) groups excluding carboxylic acids is 2. The minimum atomic E-state index is -0.488. The van der Waals surface area contributed by atoms with Gasteiger partial charge < -0.3 is 19.9 Å². The molecule has 2 rings (SSSR count). The number of hydrogen-bond acceptors (Lipinski definition) is 4. The molecule has 2 aromatic rings. The molecule has 8 heteroatoms. The van der Waals surface area contributed by atoms with Gasteiger partial charge >= 0.3 is 0 Å². The number of rotatable bonds is 9. The Kier molecular flexibility index (Phi) is 8.86. The molecule has 0 spiro atoms. The molecule has 2 N–H and O–H groups in total. The molecule has 0 aliphatic heterocycles. The highest BCUT2D eigenvalue weighted by molar-refractivity contribution is 6.30. The lowest BCUT2D eigenvalue weighted by atomic mass is 10.1. The summed E-state index contributed by atoms with van der Waals surface area (Å²) in [5.41, 5.74) is 3.27. The number of halogens is 1. The Bertz CT molecular complexity index is 1000. The van der Waals surface area contributed by atoms with E-state index in [1.54, 1.807) is 37.5 Å². The maximum atomic E-state index is 12.4. The van der Waals surface area contributed by atoms with Crippen molar-refractivity contribution in [1.82, 2.24) is 15.2 Å². The van der Waals surface area contributed by atoms with E-state index in [0.29, 0.717) is 17.2 Å². The van der Waals surface area contributed by atoms with E-state index < -0.39 is 5.91 Å². The largest absolute Gasteiger partial charge is 0.383 e. The monoisotopic (exact) mass is 442 g/mol. The molecule has 31 heavy (non-hydrogen) atoms. The fraction of sp³-hybridized carbons (Fsp3) is 0.348. The van der Waals surface area contributed by atoms with Crippen molar-refractivity contribution in [2.75, 3.05) is 26.8 Å². The molecule has 7 nitrogen and oxygen atoms in total. The minimum absolute atomic E-state index is 0.00340. The third kappa shape index (κ3) is 6.45. The van der Waals surface area contributed by atoms with Crippen LogP contribution in [0.4, 0.5) is 0 Å². The molecule has 164 valence electrons. The summed E-state index contributed by atoms with van der Waals surface area (Å²) >= 11 is 5.81. The van der Waals surface area contributed by atoms with Crippen molar-refractivity contribution in [3.05, 3.63) is 63.4 Å². The lowest BCUT2D eigenvalue weighted by Gasteiger charge is -2.17. The van der Waals surface area contributed by atoms with Gasteiger partial charge in [0.05, 0.1) is 12.6 Å². The zero-order chi connectivity index (χ0) is 23.0. The van der Waals surface area contributed by atoms with Crippen LogP contribution in [0.2, 0.25) is 5.02 Å². The van der Waals surface area contributed by atoms with E-state index in [1.807, 2.05) is 32.9 Å². The van der Waals surface area contributed by atoms with Gasteiger partial charge in [-0.15, -0.1) is 0 Å². The van der Waals surface area contributed by atoms with Crippen LogP contribution in [0, 0.1) is 25.2 Å². The number of amides is 2. The van der Waals surface area contributed by atoms with Gasteiger partial charge in [-0.25, -0.2) is 0 Å². The Labute approximate surface area is 187 Å². The van der Waals surface area contributed by atoms with E-state index in [0.717, 1.165) is 17.0 Å². The van der Waals surface area contributed by atoms with Crippen LogP contribution in [-0.2, 0) is 9.53 Å². The zero-order valence-electron chi connectivity index (χ0n) is 18.2. The molecule has 1 atom stereocenters. The fourth-order valence-electron chi connectivity index (χ4n) is 3.40. The first-order chi connectivity index (χ1) is 14.8. The third-order valence-corrected chi connectivity index (χ3v) is 5.09. The molecule has 0 saturated heterocycles. The normalized spacial score (nSPS) is 12.2. The zero-order valence-corrected chi connectivity index (χ0v) is 18.9. The van der Waals surface area contributed by atoms with Crippen molar-refractivity contribution in [2.24, 2.45) is 0 Å². The average Bonchev–Trinajstić information content (AvgIpc) is 3.02. The van der Waals surface area contributed by atoms with Gasteiger partial charge in [0.1, 0.15) is 11.6 Å². The standard InChI is InChI=1S/C23H27ClN4O3/c1-15-11-19(17(3)28(15)16(2)14-31-4)12-20(13-25)23(30)27-10-9-26-22(29)18-5-7-21(24)8-6-18/h5-8,11-12,16H,9-10,14H2,1-4H3,(H,26,29)(H,27,30)/b20-12+. The molecular formula is C23H27ClN4O3. The second kappa shape index (κ2) is 11.3. The number of carbonyl (C=O) groups is 2. The van der Waals surface area contributed by atoms with Crippen molar-refractivity contribution in [3.63, 3.8) is 0 Å². The number of benzene rings is 1. The molecule has 0 saturated carbocycles. The Hall–Kier alpha value is -3.08. The van der Waals surface area contributed by atoms with E-state index >= 15 is 0 Å². The number of nitriles is 1. The van der Waals surface area contributed by atoms with Gasteiger partial charge in [0, 0.05) is 42.2 Å². The molecule has 0 aliphatic rings. The van der Waals surface area contributed by atoms with Gasteiger partial charge in [-0.2, -0.15) is 5.26 Å². The van der Waals surface area contributed by atoms with Crippen LogP contribution in [-0.4, -0.2) is 43.2 Å². The molecule has 0 radical (unpaired) electrons. The minimum Gasteiger partial charge on any atom is -0.383 e. The second-order valence-corrected chi connectivity index (χ2v) is 7.63. The van der Waals surface area contributed by atoms with Crippen molar-refractivity contribution >= 4 is 29.5 Å². The predicted octanol–water partition coefficient (Wildman–Crippen LogP) is 3.42. The number of methoxy groups -OCH3 is 1. The lowest BCUT2D eigenvalue weighted by Crippen LogP contribution is -2.35. The highest BCUT2D eigenvalue weighted by Gasteiger charge is 2.15. The maximum Gasteiger partial charge on any atom is 0.262 e. The molecule has 1 aromatic heterocycles. The van der Waals surface area contributed by atoms with Gasteiger partial charge in [-0.05, 0) is 62.7 Å². The van der Waals surface area contributed by atoms with Crippen LogP contribution in [0.5, 0.6) is 0 Å². The van der Waals surface area contributed by atoms with Crippen LogP contribution in [0.25, 0.3) is 6.08 Å². The fourth-order valence-corrected chi connectivity index (χ4v) is 3.52. The summed E-state index contributed by atoms with van der Waals surface area (Å²) in [4.78, 5) is 24.5. The van der Waals surface area contributed by atoms with Crippen molar-refractivity contribution < 1.29 is 14.3 Å². The van der Waals surface area contributed by atoms with Crippen LogP contribution in [0.3, 0.4) is 0 Å².